The Balaban J connectivity index is 1.38. The molecule has 0 radical (unpaired) electrons. The van der Waals surface area contributed by atoms with Gasteiger partial charge in [0.1, 0.15) is 23.7 Å². The molecule has 1 aliphatic heterocycles. The Hall–Kier alpha value is -4.56. The van der Waals surface area contributed by atoms with E-state index in [2.05, 4.69) is 19.2 Å². The lowest BCUT2D eigenvalue weighted by Crippen LogP contribution is -2.54. The summed E-state index contributed by atoms with van der Waals surface area (Å²) in [4.78, 5) is 27.8. The number of anilines is 1. The molecule has 0 saturated carbocycles. The van der Waals surface area contributed by atoms with Crippen LogP contribution < -0.4 is 15.0 Å². The van der Waals surface area contributed by atoms with Crippen LogP contribution in [0.15, 0.2) is 84.4 Å². The number of nitrogens with zero attached hydrogens (tertiary/aromatic N) is 2. The van der Waals surface area contributed by atoms with E-state index in [-0.39, 0.29) is 16.5 Å². The maximum Gasteiger partial charge on any atom is 0.270 e. The minimum Gasteiger partial charge on any atom is -0.489 e. The summed E-state index contributed by atoms with van der Waals surface area (Å²) in [5.41, 5.74) is 6.10. The number of hydrogen-bond acceptors (Lipinski definition) is 4. The highest BCUT2D eigenvalue weighted by molar-refractivity contribution is 7.80. The Morgan fingerprint density at radius 2 is 1.56 bits per heavy atom. The van der Waals surface area contributed by atoms with Crippen molar-refractivity contribution in [3.8, 4) is 11.4 Å². The van der Waals surface area contributed by atoms with Crippen LogP contribution in [0.1, 0.15) is 47.8 Å². The Kier molecular flexibility index (Phi) is 7.85. The number of halogens is 1. The lowest BCUT2D eigenvalue weighted by atomic mass is 10.0. The van der Waals surface area contributed by atoms with Crippen molar-refractivity contribution < 1.29 is 18.7 Å². The number of benzene rings is 3. The molecule has 0 bridgehead atoms. The zero-order valence-corrected chi connectivity index (χ0v) is 24.1. The van der Waals surface area contributed by atoms with Crippen LogP contribution in [-0.2, 0) is 16.2 Å². The fourth-order valence-corrected chi connectivity index (χ4v) is 5.11. The summed E-state index contributed by atoms with van der Waals surface area (Å²) in [6.45, 7) is 8.44. The molecule has 2 amide bonds. The van der Waals surface area contributed by atoms with E-state index in [0.717, 1.165) is 33.8 Å². The molecule has 41 heavy (non-hydrogen) atoms. The lowest BCUT2D eigenvalue weighted by molar-refractivity contribution is -0.122. The van der Waals surface area contributed by atoms with Crippen LogP contribution in [0.4, 0.5) is 10.1 Å². The topological polar surface area (TPSA) is 63.6 Å². The first kappa shape index (κ1) is 28.0. The predicted molar refractivity (Wildman–Crippen MR) is 163 cm³/mol. The second kappa shape index (κ2) is 11.5. The highest BCUT2D eigenvalue weighted by Crippen LogP contribution is 2.28. The molecular formula is C33H30FN3O3S. The van der Waals surface area contributed by atoms with Gasteiger partial charge in [-0.25, -0.2) is 4.39 Å². The molecule has 0 spiro atoms. The van der Waals surface area contributed by atoms with Crippen molar-refractivity contribution in [3.05, 3.63) is 118 Å². The van der Waals surface area contributed by atoms with E-state index >= 15 is 0 Å². The van der Waals surface area contributed by atoms with Gasteiger partial charge in [-0.05, 0) is 109 Å². The number of ether oxygens (including phenoxy) is 1. The van der Waals surface area contributed by atoms with Crippen LogP contribution >= 0.6 is 12.2 Å². The van der Waals surface area contributed by atoms with Crippen LogP contribution in [0.25, 0.3) is 11.8 Å². The Morgan fingerprint density at radius 1 is 0.927 bits per heavy atom. The molecule has 4 aromatic rings. The van der Waals surface area contributed by atoms with Crippen molar-refractivity contribution >= 4 is 40.9 Å². The second-order valence-electron chi connectivity index (χ2n) is 10.3. The largest absolute Gasteiger partial charge is 0.489 e. The van der Waals surface area contributed by atoms with Crippen molar-refractivity contribution in [2.45, 2.75) is 40.2 Å². The predicted octanol–water partition coefficient (Wildman–Crippen LogP) is 6.77. The molecule has 8 heteroatoms. The first-order valence-corrected chi connectivity index (χ1v) is 13.7. The molecule has 1 aliphatic rings. The van der Waals surface area contributed by atoms with Gasteiger partial charge in [0, 0.05) is 17.1 Å². The number of nitrogens with one attached hydrogen (secondary N) is 1. The van der Waals surface area contributed by atoms with Gasteiger partial charge in [0.15, 0.2) is 5.11 Å². The van der Waals surface area contributed by atoms with Crippen molar-refractivity contribution in [3.63, 3.8) is 0 Å². The molecule has 1 aromatic heterocycles. The third-order valence-corrected chi connectivity index (χ3v) is 7.39. The zero-order valence-electron chi connectivity index (χ0n) is 23.3. The smallest absolute Gasteiger partial charge is 0.270 e. The molecule has 1 saturated heterocycles. The first-order valence-electron chi connectivity index (χ1n) is 13.3. The molecule has 6 nitrogen and oxygen atoms in total. The van der Waals surface area contributed by atoms with Gasteiger partial charge in [-0.2, -0.15) is 0 Å². The fourth-order valence-electron chi connectivity index (χ4n) is 4.83. The highest BCUT2D eigenvalue weighted by Gasteiger charge is 2.34. The van der Waals surface area contributed by atoms with Crippen molar-refractivity contribution in [2.24, 2.45) is 0 Å². The molecule has 2 heterocycles. The SMILES string of the molecule is Cc1cc(/C=C2\C(=O)NC(=S)N(c3ccc(C(C)C)cc3)C2=O)c(C)n1-c1ccc(OCc2ccc(F)cc2)cc1. The average Bonchev–Trinajstić information content (AvgIpc) is 3.23. The van der Waals surface area contributed by atoms with Crippen molar-refractivity contribution in [2.75, 3.05) is 4.90 Å². The summed E-state index contributed by atoms with van der Waals surface area (Å²) in [5, 5.41) is 2.72. The average molecular weight is 568 g/mol. The van der Waals surface area contributed by atoms with E-state index in [0.29, 0.717) is 24.0 Å². The van der Waals surface area contributed by atoms with Crippen molar-refractivity contribution in [1.82, 2.24) is 9.88 Å². The van der Waals surface area contributed by atoms with Gasteiger partial charge in [0.05, 0.1) is 5.69 Å². The van der Waals surface area contributed by atoms with E-state index < -0.39 is 11.8 Å². The fraction of sp³-hybridized carbons (Fsp3) is 0.182. The van der Waals surface area contributed by atoms with Gasteiger partial charge < -0.3 is 9.30 Å². The minimum absolute atomic E-state index is 0.0105. The van der Waals surface area contributed by atoms with Crippen LogP contribution in [0.2, 0.25) is 0 Å². The summed E-state index contributed by atoms with van der Waals surface area (Å²) in [6.07, 6.45) is 1.62. The molecule has 3 aromatic carbocycles. The molecule has 208 valence electrons. The Labute approximate surface area is 244 Å². The second-order valence-corrected chi connectivity index (χ2v) is 10.7. The monoisotopic (exact) mass is 567 g/mol. The molecule has 0 atom stereocenters. The third-order valence-electron chi connectivity index (χ3n) is 7.10. The molecular weight excluding hydrogens is 537 g/mol. The normalized spacial score (nSPS) is 14.6. The van der Waals surface area contributed by atoms with E-state index in [1.807, 2.05) is 73.0 Å². The van der Waals surface area contributed by atoms with E-state index in [1.54, 1.807) is 18.2 Å². The molecule has 1 fully saturated rings. The number of amides is 2. The summed E-state index contributed by atoms with van der Waals surface area (Å²) in [6, 6.07) is 23.4. The number of rotatable bonds is 7. The molecule has 0 aliphatic carbocycles. The van der Waals surface area contributed by atoms with Crippen molar-refractivity contribution in [1.29, 1.82) is 0 Å². The van der Waals surface area contributed by atoms with E-state index in [1.165, 1.54) is 17.0 Å². The van der Waals surface area contributed by atoms with Crippen LogP contribution in [0.5, 0.6) is 5.75 Å². The van der Waals surface area contributed by atoms with Gasteiger partial charge in [-0.3, -0.25) is 19.8 Å². The maximum absolute atomic E-state index is 13.5. The summed E-state index contributed by atoms with van der Waals surface area (Å²) >= 11 is 5.36. The first-order chi connectivity index (χ1) is 19.6. The van der Waals surface area contributed by atoms with Gasteiger partial charge in [-0.15, -0.1) is 0 Å². The van der Waals surface area contributed by atoms with E-state index in [4.69, 9.17) is 17.0 Å². The summed E-state index contributed by atoms with van der Waals surface area (Å²) in [5.74, 6) is -0.240. The number of aryl methyl sites for hydroxylation is 1. The maximum atomic E-state index is 13.5. The Bertz CT molecular complexity index is 1650. The number of carbonyl (C=O) groups excluding carboxylic acids is 2. The number of aromatic nitrogens is 1. The summed E-state index contributed by atoms with van der Waals surface area (Å²) in [7, 11) is 0. The Morgan fingerprint density at radius 3 is 2.20 bits per heavy atom. The van der Waals surface area contributed by atoms with Gasteiger partial charge in [0.2, 0.25) is 0 Å². The standard InChI is InChI=1S/C33H30FN3O3S/c1-20(2)24-7-11-28(12-8-24)37-32(39)30(31(38)35-33(37)41)18-25-17-21(3)36(22(25)4)27-13-15-29(16-14-27)40-19-23-5-9-26(34)10-6-23/h5-18,20H,19H2,1-4H3,(H,35,38,41)/b30-18+. The van der Waals surface area contributed by atoms with E-state index in [9.17, 15) is 14.0 Å². The molecule has 1 N–H and O–H groups in total. The minimum atomic E-state index is -0.525. The number of carbonyl (C=O) groups is 2. The lowest BCUT2D eigenvalue weighted by Gasteiger charge is -2.29. The van der Waals surface area contributed by atoms with Crippen LogP contribution in [0, 0.1) is 19.7 Å². The zero-order chi connectivity index (χ0) is 29.3. The quantitative estimate of drug-likeness (QED) is 0.152. The van der Waals surface area contributed by atoms with Gasteiger partial charge in [-0.1, -0.05) is 38.1 Å². The third kappa shape index (κ3) is 5.83. The van der Waals surface area contributed by atoms with Gasteiger partial charge in [0.25, 0.3) is 11.8 Å². The number of thiocarbonyl (C=S) groups is 1. The van der Waals surface area contributed by atoms with Gasteiger partial charge >= 0.3 is 0 Å². The molecule has 0 unspecified atom stereocenters. The molecule has 5 rings (SSSR count). The van der Waals surface area contributed by atoms with Crippen LogP contribution in [0.3, 0.4) is 0 Å². The highest BCUT2D eigenvalue weighted by atomic mass is 32.1. The van der Waals surface area contributed by atoms with Crippen LogP contribution in [-0.4, -0.2) is 21.5 Å². The summed E-state index contributed by atoms with van der Waals surface area (Å²) < 4.78 is 21.0. The number of hydrogen-bond donors (Lipinski definition) is 1.